The Hall–Kier alpha value is -2.74. The SMILES string of the molecule is Oc1cc(-c2ccccc2)c(O)c(-c2ccccc2)c1. The highest BCUT2D eigenvalue weighted by atomic mass is 16.3. The summed E-state index contributed by atoms with van der Waals surface area (Å²) in [7, 11) is 0. The van der Waals surface area contributed by atoms with Gasteiger partial charge in [-0.3, -0.25) is 0 Å². The highest BCUT2D eigenvalue weighted by Gasteiger charge is 2.12. The van der Waals surface area contributed by atoms with Crippen molar-refractivity contribution in [2.75, 3.05) is 0 Å². The van der Waals surface area contributed by atoms with Gasteiger partial charge in [0, 0.05) is 11.1 Å². The first-order valence-electron chi connectivity index (χ1n) is 6.42. The third-order valence-electron chi connectivity index (χ3n) is 3.26. The van der Waals surface area contributed by atoms with Crippen LogP contribution in [0.25, 0.3) is 22.3 Å². The summed E-state index contributed by atoms with van der Waals surface area (Å²) < 4.78 is 0. The molecular weight excluding hydrogens is 248 g/mol. The molecule has 0 bridgehead atoms. The molecule has 0 saturated heterocycles. The molecule has 0 amide bonds. The molecule has 0 aliphatic rings. The Morgan fingerprint density at radius 2 is 0.950 bits per heavy atom. The normalized spacial score (nSPS) is 10.4. The van der Waals surface area contributed by atoms with Crippen LogP contribution < -0.4 is 0 Å². The van der Waals surface area contributed by atoms with Crippen molar-refractivity contribution in [1.82, 2.24) is 0 Å². The van der Waals surface area contributed by atoms with E-state index in [-0.39, 0.29) is 11.5 Å². The van der Waals surface area contributed by atoms with Gasteiger partial charge in [0.1, 0.15) is 11.5 Å². The molecule has 2 nitrogen and oxygen atoms in total. The Labute approximate surface area is 117 Å². The average molecular weight is 262 g/mol. The minimum Gasteiger partial charge on any atom is -0.508 e. The lowest BCUT2D eigenvalue weighted by Crippen LogP contribution is -1.84. The van der Waals surface area contributed by atoms with Crippen molar-refractivity contribution in [3.05, 3.63) is 72.8 Å². The monoisotopic (exact) mass is 262 g/mol. The van der Waals surface area contributed by atoms with Gasteiger partial charge in [0.05, 0.1) is 0 Å². The molecule has 0 heterocycles. The van der Waals surface area contributed by atoms with Crippen LogP contribution in [-0.4, -0.2) is 10.2 Å². The van der Waals surface area contributed by atoms with E-state index < -0.39 is 0 Å². The van der Waals surface area contributed by atoms with Crippen LogP contribution in [-0.2, 0) is 0 Å². The van der Waals surface area contributed by atoms with Gasteiger partial charge in [-0.15, -0.1) is 0 Å². The predicted molar refractivity (Wildman–Crippen MR) is 80.6 cm³/mol. The number of rotatable bonds is 2. The minimum atomic E-state index is 0.139. The third kappa shape index (κ3) is 2.24. The largest absolute Gasteiger partial charge is 0.508 e. The summed E-state index contributed by atoms with van der Waals surface area (Å²) in [5.41, 5.74) is 3.00. The molecule has 3 rings (SSSR count). The number of phenols is 2. The highest BCUT2D eigenvalue weighted by Crippen LogP contribution is 2.40. The van der Waals surface area contributed by atoms with Crippen molar-refractivity contribution >= 4 is 0 Å². The lowest BCUT2D eigenvalue weighted by molar-refractivity contribution is 0.463. The maximum Gasteiger partial charge on any atom is 0.131 e. The summed E-state index contributed by atoms with van der Waals surface area (Å²) in [5, 5.41) is 20.4. The van der Waals surface area contributed by atoms with Gasteiger partial charge in [-0.25, -0.2) is 0 Å². The van der Waals surface area contributed by atoms with Crippen molar-refractivity contribution in [3.8, 4) is 33.8 Å². The molecule has 0 spiro atoms. The van der Waals surface area contributed by atoms with Crippen molar-refractivity contribution in [2.24, 2.45) is 0 Å². The van der Waals surface area contributed by atoms with Crippen molar-refractivity contribution in [3.63, 3.8) is 0 Å². The first-order chi connectivity index (χ1) is 9.75. The average Bonchev–Trinajstić information content (AvgIpc) is 2.51. The Balaban J connectivity index is 2.22. The van der Waals surface area contributed by atoms with E-state index in [4.69, 9.17) is 0 Å². The van der Waals surface area contributed by atoms with Gasteiger partial charge in [0.25, 0.3) is 0 Å². The van der Waals surface area contributed by atoms with Crippen LogP contribution in [0.2, 0.25) is 0 Å². The van der Waals surface area contributed by atoms with Crippen LogP contribution in [0.15, 0.2) is 72.8 Å². The van der Waals surface area contributed by atoms with Gasteiger partial charge in [0.2, 0.25) is 0 Å². The first kappa shape index (κ1) is 12.3. The van der Waals surface area contributed by atoms with Crippen molar-refractivity contribution in [2.45, 2.75) is 0 Å². The maximum absolute atomic E-state index is 10.5. The Morgan fingerprint density at radius 1 is 0.550 bits per heavy atom. The summed E-state index contributed by atoms with van der Waals surface area (Å²) in [6.07, 6.45) is 0. The number of hydrogen-bond donors (Lipinski definition) is 2. The molecule has 0 aliphatic heterocycles. The van der Waals surface area contributed by atoms with Crippen molar-refractivity contribution < 1.29 is 10.2 Å². The second-order valence-electron chi connectivity index (χ2n) is 4.62. The molecule has 0 saturated carbocycles. The summed E-state index contributed by atoms with van der Waals surface area (Å²) >= 11 is 0. The summed E-state index contributed by atoms with van der Waals surface area (Å²) in [6, 6.07) is 22.2. The summed E-state index contributed by atoms with van der Waals surface area (Å²) in [6.45, 7) is 0. The van der Waals surface area contributed by atoms with Gasteiger partial charge in [0.15, 0.2) is 0 Å². The molecular formula is C18H14O2. The zero-order valence-corrected chi connectivity index (χ0v) is 10.8. The quantitative estimate of drug-likeness (QED) is 0.671. The number of hydrogen-bond acceptors (Lipinski definition) is 2. The van der Waals surface area contributed by atoms with Crippen LogP contribution in [0.4, 0.5) is 0 Å². The Bertz CT molecular complexity index is 658. The van der Waals surface area contributed by atoms with E-state index >= 15 is 0 Å². The van der Waals surface area contributed by atoms with Crippen LogP contribution in [0, 0.1) is 0 Å². The molecule has 2 heteroatoms. The van der Waals surface area contributed by atoms with Crippen LogP contribution in [0.3, 0.4) is 0 Å². The van der Waals surface area contributed by atoms with Crippen LogP contribution >= 0.6 is 0 Å². The molecule has 0 fully saturated rings. The molecule has 2 N–H and O–H groups in total. The molecule has 0 aromatic heterocycles. The second kappa shape index (κ2) is 5.10. The van der Waals surface area contributed by atoms with Gasteiger partial charge < -0.3 is 10.2 Å². The maximum atomic E-state index is 10.5. The molecule has 0 radical (unpaired) electrons. The molecule has 0 aliphatic carbocycles. The highest BCUT2D eigenvalue weighted by molar-refractivity contribution is 5.83. The van der Waals surface area contributed by atoms with E-state index in [1.54, 1.807) is 12.1 Å². The predicted octanol–water partition coefficient (Wildman–Crippen LogP) is 4.43. The van der Waals surface area contributed by atoms with E-state index in [1.165, 1.54) is 0 Å². The zero-order chi connectivity index (χ0) is 13.9. The Morgan fingerprint density at radius 3 is 1.35 bits per heavy atom. The molecule has 0 unspecified atom stereocenters. The van der Waals surface area contributed by atoms with Gasteiger partial charge in [-0.2, -0.15) is 0 Å². The number of aromatic hydroxyl groups is 2. The van der Waals surface area contributed by atoms with E-state index in [2.05, 4.69) is 0 Å². The van der Waals surface area contributed by atoms with E-state index in [0.717, 1.165) is 11.1 Å². The van der Waals surface area contributed by atoms with Crippen LogP contribution in [0.1, 0.15) is 0 Å². The lowest BCUT2D eigenvalue weighted by atomic mass is 9.97. The molecule has 0 atom stereocenters. The smallest absolute Gasteiger partial charge is 0.131 e. The number of benzene rings is 3. The second-order valence-corrected chi connectivity index (χ2v) is 4.62. The topological polar surface area (TPSA) is 40.5 Å². The van der Waals surface area contributed by atoms with E-state index in [0.29, 0.717) is 11.1 Å². The lowest BCUT2D eigenvalue weighted by Gasteiger charge is -2.11. The Kier molecular flexibility index (Phi) is 3.13. The zero-order valence-electron chi connectivity index (χ0n) is 10.8. The minimum absolute atomic E-state index is 0.139. The van der Waals surface area contributed by atoms with Crippen molar-refractivity contribution in [1.29, 1.82) is 0 Å². The first-order valence-corrected chi connectivity index (χ1v) is 6.42. The summed E-state index contributed by atoms with van der Waals surface area (Å²) in [5.74, 6) is 0.320. The standard InChI is InChI=1S/C18H14O2/c19-15-11-16(13-7-3-1-4-8-13)18(20)17(12-15)14-9-5-2-6-10-14/h1-12,19-20H. The fourth-order valence-electron chi connectivity index (χ4n) is 2.29. The molecule has 3 aromatic rings. The fourth-order valence-corrected chi connectivity index (χ4v) is 2.29. The fraction of sp³-hybridized carbons (Fsp3) is 0. The molecule has 3 aromatic carbocycles. The van der Waals surface area contributed by atoms with Gasteiger partial charge >= 0.3 is 0 Å². The number of phenolic OH excluding ortho intramolecular Hbond substituents is 2. The molecule has 98 valence electrons. The van der Waals surface area contributed by atoms with Crippen LogP contribution in [0.5, 0.6) is 11.5 Å². The van der Waals surface area contributed by atoms with Gasteiger partial charge in [-0.05, 0) is 23.3 Å². The third-order valence-corrected chi connectivity index (χ3v) is 3.26. The van der Waals surface area contributed by atoms with E-state index in [9.17, 15) is 10.2 Å². The molecule has 20 heavy (non-hydrogen) atoms. The van der Waals surface area contributed by atoms with E-state index in [1.807, 2.05) is 60.7 Å². The summed E-state index contributed by atoms with van der Waals surface area (Å²) in [4.78, 5) is 0. The van der Waals surface area contributed by atoms with Gasteiger partial charge in [-0.1, -0.05) is 60.7 Å².